The van der Waals surface area contributed by atoms with E-state index in [4.69, 9.17) is 5.73 Å². The van der Waals surface area contributed by atoms with Crippen LogP contribution in [0.2, 0.25) is 0 Å². The molecule has 0 aliphatic carbocycles. The van der Waals surface area contributed by atoms with Crippen LogP contribution in [0.25, 0.3) is 0 Å². The molecule has 0 spiro atoms. The molecule has 0 radical (unpaired) electrons. The molecule has 0 saturated heterocycles. The van der Waals surface area contributed by atoms with E-state index in [0.29, 0.717) is 0 Å². The van der Waals surface area contributed by atoms with Crippen LogP contribution in [-0.2, 0) is 16.6 Å². The van der Waals surface area contributed by atoms with Gasteiger partial charge in [0.25, 0.3) is 0 Å². The number of nitrogens with two attached hydrogens (primary N) is 1. The number of nitrogen functional groups attached to an aromatic ring is 1. The van der Waals surface area contributed by atoms with Gasteiger partial charge in [0.05, 0.1) is 0 Å². The van der Waals surface area contributed by atoms with Crippen LogP contribution in [0, 0.1) is 5.82 Å². The van der Waals surface area contributed by atoms with Gasteiger partial charge < -0.3 is 5.73 Å². The highest BCUT2D eigenvalue weighted by molar-refractivity contribution is 7.89. The van der Waals surface area contributed by atoms with E-state index in [1.807, 2.05) is 30.3 Å². The summed E-state index contributed by atoms with van der Waals surface area (Å²) in [5.41, 5.74) is 6.49. The van der Waals surface area contributed by atoms with Crippen LogP contribution in [0.4, 0.5) is 10.1 Å². The summed E-state index contributed by atoms with van der Waals surface area (Å²) in [4.78, 5) is -0.352. The predicted molar refractivity (Wildman–Crippen MR) is 80.5 cm³/mol. The highest BCUT2D eigenvalue weighted by Gasteiger charge is 2.26. The minimum Gasteiger partial charge on any atom is -0.399 e. The van der Waals surface area contributed by atoms with Crippen molar-refractivity contribution in [3.05, 3.63) is 59.9 Å². The molecule has 2 aromatic rings. The third-order valence-corrected chi connectivity index (χ3v) is 5.08. The monoisotopic (exact) mass is 308 g/mol. The lowest BCUT2D eigenvalue weighted by molar-refractivity contribution is 0.419. The second kappa shape index (κ2) is 6.24. The Morgan fingerprint density at radius 2 is 1.81 bits per heavy atom. The van der Waals surface area contributed by atoms with Crippen LogP contribution < -0.4 is 5.73 Å². The number of anilines is 1. The van der Waals surface area contributed by atoms with Crippen LogP contribution in [-0.4, -0.2) is 19.3 Å². The van der Waals surface area contributed by atoms with Gasteiger partial charge in [-0.2, -0.15) is 4.31 Å². The van der Waals surface area contributed by atoms with Crippen LogP contribution in [0.5, 0.6) is 0 Å². The summed E-state index contributed by atoms with van der Waals surface area (Å²) in [6.07, 6.45) is 0. The molecule has 0 unspecified atom stereocenters. The summed E-state index contributed by atoms with van der Waals surface area (Å²) in [6, 6.07) is 12.8. The molecule has 0 bridgehead atoms. The van der Waals surface area contributed by atoms with Gasteiger partial charge in [0.2, 0.25) is 10.0 Å². The molecular weight excluding hydrogens is 291 g/mol. The second-order valence-corrected chi connectivity index (χ2v) is 6.51. The largest absolute Gasteiger partial charge is 0.399 e. The Hall–Kier alpha value is -1.92. The molecule has 0 aromatic heterocycles. The van der Waals surface area contributed by atoms with E-state index < -0.39 is 15.8 Å². The van der Waals surface area contributed by atoms with Crippen LogP contribution in [0.3, 0.4) is 0 Å². The van der Waals surface area contributed by atoms with Crippen molar-refractivity contribution in [3.63, 3.8) is 0 Å². The maximum absolute atomic E-state index is 13.9. The van der Waals surface area contributed by atoms with Crippen LogP contribution in [0.1, 0.15) is 12.5 Å². The highest BCUT2D eigenvalue weighted by Crippen LogP contribution is 2.22. The fraction of sp³-hybridized carbons (Fsp3) is 0.200. The first-order valence-corrected chi connectivity index (χ1v) is 7.98. The number of benzene rings is 2. The molecule has 4 nitrogen and oxygen atoms in total. The van der Waals surface area contributed by atoms with E-state index in [1.165, 1.54) is 16.4 Å². The van der Waals surface area contributed by atoms with E-state index in [9.17, 15) is 12.8 Å². The van der Waals surface area contributed by atoms with Gasteiger partial charge in [0, 0.05) is 18.8 Å². The Morgan fingerprint density at radius 3 is 2.38 bits per heavy atom. The van der Waals surface area contributed by atoms with Crippen molar-refractivity contribution in [2.75, 3.05) is 12.3 Å². The number of nitrogens with zero attached hydrogens (tertiary/aromatic N) is 1. The standard InChI is InChI=1S/C15H17FN2O2S/c1-2-18(11-12-6-4-3-5-7-12)21(19,20)15-9-8-13(17)10-14(15)16/h3-10H,2,11,17H2,1H3. The fourth-order valence-electron chi connectivity index (χ4n) is 2.02. The Labute approximate surface area is 124 Å². The van der Waals surface area contributed by atoms with Gasteiger partial charge in [-0.3, -0.25) is 0 Å². The Bertz CT molecular complexity index is 718. The van der Waals surface area contributed by atoms with Gasteiger partial charge in [-0.05, 0) is 23.8 Å². The summed E-state index contributed by atoms with van der Waals surface area (Å²) in [6.45, 7) is 2.17. The zero-order valence-corrected chi connectivity index (χ0v) is 12.5. The predicted octanol–water partition coefficient (Wildman–Crippen LogP) is 2.62. The summed E-state index contributed by atoms with van der Waals surface area (Å²) < 4.78 is 40.2. The molecule has 2 rings (SSSR count). The normalized spacial score (nSPS) is 11.8. The molecule has 21 heavy (non-hydrogen) atoms. The first-order valence-electron chi connectivity index (χ1n) is 6.54. The maximum atomic E-state index is 13.9. The SMILES string of the molecule is CCN(Cc1ccccc1)S(=O)(=O)c1ccc(N)cc1F. The van der Waals surface area contributed by atoms with Crippen molar-refractivity contribution in [1.82, 2.24) is 4.31 Å². The maximum Gasteiger partial charge on any atom is 0.246 e. The zero-order valence-electron chi connectivity index (χ0n) is 11.7. The van der Waals surface area contributed by atoms with Crippen LogP contribution >= 0.6 is 0 Å². The number of hydrogen-bond acceptors (Lipinski definition) is 3. The number of rotatable bonds is 5. The van der Waals surface area contributed by atoms with Crippen molar-refractivity contribution in [2.45, 2.75) is 18.4 Å². The highest BCUT2D eigenvalue weighted by atomic mass is 32.2. The molecule has 6 heteroatoms. The van der Waals surface area contributed by atoms with E-state index in [-0.39, 0.29) is 23.7 Å². The van der Waals surface area contributed by atoms with Gasteiger partial charge in [-0.1, -0.05) is 37.3 Å². The van der Waals surface area contributed by atoms with Crippen molar-refractivity contribution in [1.29, 1.82) is 0 Å². The average Bonchev–Trinajstić information content (AvgIpc) is 2.45. The van der Waals surface area contributed by atoms with Gasteiger partial charge >= 0.3 is 0 Å². The Morgan fingerprint density at radius 1 is 1.14 bits per heavy atom. The van der Waals surface area contributed by atoms with E-state index in [0.717, 1.165) is 11.6 Å². The van der Waals surface area contributed by atoms with E-state index >= 15 is 0 Å². The molecule has 2 aromatic carbocycles. The molecule has 0 amide bonds. The van der Waals surface area contributed by atoms with E-state index in [1.54, 1.807) is 6.92 Å². The number of hydrogen-bond donors (Lipinski definition) is 1. The summed E-state index contributed by atoms with van der Waals surface area (Å²) >= 11 is 0. The lowest BCUT2D eigenvalue weighted by atomic mass is 10.2. The third kappa shape index (κ3) is 3.40. The van der Waals surface area contributed by atoms with Gasteiger partial charge in [0.15, 0.2) is 0 Å². The molecule has 112 valence electrons. The summed E-state index contributed by atoms with van der Waals surface area (Å²) in [5.74, 6) is -0.832. The van der Waals surface area contributed by atoms with Gasteiger partial charge in [-0.15, -0.1) is 0 Å². The average molecular weight is 308 g/mol. The zero-order chi connectivity index (χ0) is 15.5. The topological polar surface area (TPSA) is 63.4 Å². The third-order valence-electron chi connectivity index (χ3n) is 3.13. The molecule has 0 fully saturated rings. The number of sulfonamides is 1. The van der Waals surface area contributed by atoms with Crippen LogP contribution in [0.15, 0.2) is 53.4 Å². The van der Waals surface area contributed by atoms with E-state index in [2.05, 4.69) is 0 Å². The first-order chi connectivity index (χ1) is 9.95. The first kappa shape index (κ1) is 15.5. The van der Waals surface area contributed by atoms with Crippen molar-refractivity contribution in [3.8, 4) is 0 Å². The molecule has 0 heterocycles. The molecule has 0 aliphatic rings. The lowest BCUT2D eigenvalue weighted by Gasteiger charge is -2.21. The smallest absolute Gasteiger partial charge is 0.246 e. The lowest BCUT2D eigenvalue weighted by Crippen LogP contribution is -2.31. The quantitative estimate of drug-likeness (QED) is 0.864. The summed E-state index contributed by atoms with van der Waals surface area (Å²) in [5, 5.41) is 0. The molecule has 0 saturated carbocycles. The molecular formula is C15H17FN2O2S. The molecule has 2 N–H and O–H groups in total. The van der Waals surface area contributed by atoms with Crippen molar-refractivity contribution < 1.29 is 12.8 Å². The molecule has 0 aliphatic heterocycles. The Kier molecular flexibility index (Phi) is 4.59. The number of halogens is 1. The Balaban J connectivity index is 2.36. The minimum atomic E-state index is -3.89. The fourth-order valence-corrected chi connectivity index (χ4v) is 3.50. The van der Waals surface area contributed by atoms with Crippen molar-refractivity contribution >= 4 is 15.7 Å². The minimum absolute atomic E-state index is 0.192. The van der Waals surface area contributed by atoms with Gasteiger partial charge in [-0.25, -0.2) is 12.8 Å². The second-order valence-electron chi connectivity index (χ2n) is 4.61. The van der Waals surface area contributed by atoms with Gasteiger partial charge in [0.1, 0.15) is 10.7 Å². The van der Waals surface area contributed by atoms with Crippen molar-refractivity contribution in [2.24, 2.45) is 0 Å². The molecule has 0 atom stereocenters. The summed E-state index contributed by atoms with van der Waals surface area (Å²) in [7, 11) is -3.89.